The molecule has 1 heterocycles. The highest BCUT2D eigenvalue weighted by Gasteiger charge is 2.21. The zero-order valence-corrected chi connectivity index (χ0v) is 10.8. The number of hydrogen-bond acceptors (Lipinski definition) is 4. The van der Waals surface area contributed by atoms with Crippen LogP contribution in [0.15, 0.2) is 22.7 Å². The first kappa shape index (κ1) is 13.0. The number of benzene rings is 1. The van der Waals surface area contributed by atoms with Gasteiger partial charge in [-0.15, -0.1) is 0 Å². The van der Waals surface area contributed by atoms with E-state index in [1.165, 1.54) is 6.07 Å². The molecule has 18 heavy (non-hydrogen) atoms. The minimum absolute atomic E-state index is 0.0236. The van der Waals surface area contributed by atoms with Crippen LogP contribution in [-0.2, 0) is 0 Å². The van der Waals surface area contributed by atoms with Crippen molar-refractivity contribution >= 4 is 11.6 Å². The van der Waals surface area contributed by atoms with E-state index in [0.29, 0.717) is 5.89 Å². The molecule has 2 N–H and O–H groups in total. The summed E-state index contributed by atoms with van der Waals surface area (Å²) in [4.78, 5) is 4.14. The summed E-state index contributed by atoms with van der Waals surface area (Å²) < 4.78 is 18.8. The number of halogens is 2. The van der Waals surface area contributed by atoms with Crippen LogP contribution in [0.4, 0.5) is 4.39 Å². The molecule has 0 spiro atoms. The maximum atomic E-state index is 13.8. The minimum atomic E-state index is -0.792. The average Bonchev–Trinajstić information content (AvgIpc) is 2.81. The second kappa shape index (κ2) is 5.04. The van der Waals surface area contributed by atoms with Gasteiger partial charge in [-0.05, 0) is 6.07 Å². The second-order valence-corrected chi connectivity index (χ2v) is 4.67. The van der Waals surface area contributed by atoms with Gasteiger partial charge >= 0.3 is 0 Å². The number of aromatic nitrogens is 2. The van der Waals surface area contributed by atoms with Crippen LogP contribution < -0.4 is 5.73 Å². The van der Waals surface area contributed by atoms with Crippen LogP contribution in [0.25, 0.3) is 0 Å². The lowest BCUT2D eigenvalue weighted by Gasteiger charge is -2.09. The third-order valence-electron chi connectivity index (χ3n) is 2.55. The minimum Gasteiger partial charge on any atom is -0.339 e. The molecule has 0 aliphatic heterocycles. The zero-order valence-electron chi connectivity index (χ0n) is 10.0. The van der Waals surface area contributed by atoms with Gasteiger partial charge in [-0.25, -0.2) is 4.39 Å². The van der Waals surface area contributed by atoms with Crippen molar-refractivity contribution in [3.8, 4) is 0 Å². The molecule has 4 nitrogen and oxygen atoms in total. The van der Waals surface area contributed by atoms with Gasteiger partial charge in [0.05, 0.1) is 11.1 Å². The summed E-state index contributed by atoms with van der Waals surface area (Å²) in [5, 5.41) is 3.79. The van der Waals surface area contributed by atoms with E-state index in [4.69, 9.17) is 21.9 Å². The second-order valence-electron chi connectivity index (χ2n) is 4.27. The molecule has 0 saturated heterocycles. The van der Waals surface area contributed by atoms with Crippen molar-refractivity contribution in [3.05, 3.63) is 46.3 Å². The molecule has 2 rings (SSSR count). The monoisotopic (exact) mass is 269 g/mol. The third kappa shape index (κ3) is 2.37. The van der Waals surface area contributed by atoms with E-state index in [0.717, 1.165) is 0 Å². The van der Waals surface area contributed by atoms with Gasteiger partial charge in [0.2, 0.25) is 5.89 Å². The van der Waals surface area contributed by atoms with Crippen molar-refractivity contribution in [2.75, 3.05) is 0 Å². The maximum Gasteiger partial charge on any atom is 0.229 e. The van der Waals surface area contributed by atoms with E-state index in [1.54, 1.807) is 12.1 Å². The molecule has 2 aromatic rings. The fourth-order valence-electron chi connectivity index (χ4n) is 1.51. The summed E-state index contributed by atoms with van der Waals surface area (Å²) in [6.07, 6.45) is 0. The summed E-state index contributed by atoms with van der Waals surface area (Å²) in [5.41, 5.74) is 6.16. The Labute approximate surface area is 109 Å². The van der Waals surface area contributed by atoms with Gasteiger partial charge in [0.25, 0.3) is 0 Å². The number of nitrogens with zero attached hydrogens (tertiary/aromatic N) is 2. The molecule has 0 aliphatic rings. The normalized spacial score (nSPS) is 13.0. The molecule has 0 fully saturated rings. The van der Waals surface area contributed by atoms with Crippen LogP contribution in [0.3, 0.4) is 0 Å². The largest absolute Gasteiger partial charge is 0.339 e. The molecular formula is C12H13ClFN3O. The van der Waals surface area contributed by atoms with Crippen LogP contribution in [0.1, 0.15) is 43.1 Å². The van der Waals surface area contributed by atoms with Crippen molar-refractivity contribution in [3.63, 3.8) is 0 Å². The Kier molecular flexibility index (Phi) is 3.63. The van der Waals surface area contributed by atoms with Gasteiger partial charge in [-0.2, -0.15) is 4.98 Å². The van der Waals surface area contributed by atoms with E-state index < -0.39 is 11.9 Å². The van der Waals surface area contributed by atoms with Gasteiger partial charge < -0.3 is 10.3 Å². The van der Waals surface area contributed by atoms with Crippen molar-refractivity contribution in [2.45, 2.75) is 25.8 Å². The predicted molar refractivity (Wildman–Crippen MR) is 65.8 cm³/mol. The van der Waals surface area contributed by atoms with Crippen LogP contribution >= 0.6 is 11.6 Å². The Morgan fingerprint density at radius 2 is 2.11 bits per heavy atom. The van der Waals surface area contributed by atoms with Crippen molar-refractivity contribution in [1.82, 2.24) is 10.1 Å². The van der Waals surface area contributed by atoms with Crippen LogP contribution in [0.5, 0.6) is 0 Å². The van der Waals surface area contributed by atoms with Crippen LogP contribution in [0, 0.1) is 5.82 Å². The molecule has 1 aromatic carbocycles. The van der Waals surface area contributed by atoms with E-state index in [-0.39, 0.29) is 22.3 Å². The summed E-state index contributed by atoms with van der Waals surface area (Å²) in [7, 11) is 0. The smallest absolute Gasteiger partial charge is 0.229 e. The number of hydrogen-bond donors (Lipinski definition) is 1. The fraction of sp³-hybridized carbons (Fsp3) is 0.333. The molecular weight excluding hydrogens is 257 g/mol. The van der Waals surface area contributed by atoms with Gasteiger partial charge in [-0.1, -0.05) is 42.7 Å². The van der Waals surface area contributed by atoms with Crippen molar-refractivity contribution in [1.29, 1.82) is 0 Å². The number of nitrogens with two attached hydrogens (primary N) is 1. The lowest BCUT2D eigenvalue weighted by atomic mass is 10.1. The van der Waals surface area contributed by atoms with Crippen molar-refractivity contribution in [2.24, 2.45) is 5.73 Å². The predicted octanol–water partition coefficient (Wildman–Crippen LogP) is 3.03. The molecule has 0 amide bonds. The first-order valence-corrected chi connectivity index (χ1v) is 5.91. The van der Waals surface area contributed by atoms with Crippen LogP contribution in [0.2, 0.25) is 5.02 Å². The lowest BCUT2D eigenvalue weighted by Crippen LogP contribution is -2.15. The summed E-state index contributed by atoms with van der Waals surface area (Å²) in [6.45, 7) is 3.84. The molecule has 0 aliphatic carbocycles. The zero-order chi connectivity index (χ0) is 13.3. The average molecular weight is 270 g/mol. The van der Waals surface area contributed by atoms with Gasteiger partial charge in [-0.3, -0.25) is 0 Å². The standard InChI is InChI=1S/C12H13ClFN3O/c1-6(2)12-16-11(17-18-12)10(15)7-4-3-5-8(13)9(7)14/h3-6,10H,15H2,1-2H3. The highest BCUT2D eigenvalue weighted by Crippen LogP contribution is 2.25. The molecule has 1 aromatic heterocycles. The molecule has 1 atom stereocenters. The van der Waals surface area contributed by atoms with Gasteiger partial charge in [0.1, 0.15) is 5.82 Å². The SMILES string of the molecule is CC(C)c1nc(C(N)c2cccc(Cl)c2F)no1. The Hall–Kier alpha value is -1.46. The Bertz CT molecular complexity index is 556. The third-order valence-corrected chi connectivity index (χ3v) is 2.84. The summed E-state index contributed by atoms with van der Waals surface area (Å²) in [5.74, 6) is 0.271. The van der Waals surface area contributed by atoms with E-state index in [9.17, 15) is 4.39 Å². The van der Waals surface area contributed by atoms with E-state index in [1.807, 2.05) is 13.8 Å². The highest BCUT2D eigenvalue weighted by atomic mass is 35.5. The lowest BCUT2D eigenvalue weighted by molar-refractivity contribution is 0.359. The maximum absolute atomic E-state index is 13.8. The molecule has 0 bridgehead atoms. The molecule has 96 valence electrons. The fourth-order valence-corrected chi connectivity index (χ4v) is 1.69. The summed E-state index contributed by atoms with van der Waals surface area (Å²) in [6, 6.07) is 3.85. The molecule has 1 unspecified atom stereocenters. The first-order chi connectivity index (χ1) is 8.50. The van der Waals surface area contributed by atoms with Gasteiger partial charge in [0.15, 0.2) is 5.82 Å². The highest BCUT2D eigenvalue weighted by molar-refractivity contribution is 6.30. The Morgan fingerprint density at radius 3 is 2.72 bits per heavy atom. The molecule has 6 heteroatoms. The van der Waals surface area contributed by atoms with E-state index >= 15 is 0 Å². The van der Waals surface area contributed by atoms with Crippen LogP contribution in [-0.4, -0.2) is 10.1 Å². The quantitative estimate of drug-likeness (QED) is 0.930. The molecule has 0 saturated carbocycles. The Morgan fingerprint density at radius 1 is 1.39 bits per heavy atom. The first-order valence-electron chi connectivity index (χ1n) is 5.53. The summed E-state index contributed by atoms with van der Waals surface area (Å²) >= 11 is 5.71. The van der Waals surface area contributed by atoms with Crippen molar-refractivity contribution < 1.29 is 8.91 Å². The molecule has 0 radical (unpaired) electrons. The topological polar surface area (TPSA) is 64.9 Å². The van der Waals surface area contributed by atoms with E-state index in [2.05, 4.69) is 10.1 Å². The number of rotatable bonds is 3. The van der Waals surface area contributed by atoms with Gasteiger partial charge in [0, 0.05) is 11.5 Å². The Balaban J connectivity index is 2.35.